The van der Waals surface area contributed by atoms with Crippen molar-refractivity contribution >= 4 is 12.1 Å². The molecule has 0 fully saturated rings. The number of carboxylic acids is 1. The predicted octanol–water partition coefficient (Wildman–Crippen LogP) is 2.90. The maximum Gasteiger partial charge on any atom is 0.408 e. The molecule has 1 aromatic rings. The van der Waals surface area contributed by atoms with Crippen LogP contribution in [0.5, 0.6) is 5.75 Å². The molecule has 8 nitrogen and oxygen atoms in total. The quantitative estimate of drug-likeness (QED) is 0.465. The highest BCUT2D eigenvalue weighted by atomic mass is 16.6. The van der Waals surface area contributed by atoms with Crippen LogP contribution in [-0.2, 0) is 14.3 Å². The normalized spacial score (nSPS) is 12.3. The number of amides is 1. The van der Waals surface area contributed by atoms with Crippen molar-refractivity contribution in [1.82, 2.24) is 5.32 Å². The van der Waals surface area contributed by atoms with E-state index in [9.17, 15) is 14.7 Å². The molecule has 0 aliphatic heterocycles. The number of aliphatic hydroxyl groups is 1. The Morgan fingerprint density at radius 1 is 1.04 bits per heavy atom. The summed E-state index contributed by atoms with van der Waals surface area (Å²) in [5.74, 6) is -0.608. The first-order chi connectivity index (χ1) is 13.2. The van der Waals surface area contributed by atoms with Crippen molar-refractivity contribution in [1.29, 1.82) is 0 Å². The summed E-state index contributed by atoms with van der Waals surface area (Å²) in [7, 11) is 0. The minimum atomic E-state index is -1.22. The number of aliphatic carboxylic acids is 1. The molecule has 28 heavy (non-hydrogen) atoms. The molecule has 158 valence electrons. The van der Waals surface area contributed by atoms with Crippen LogP contribution in [0, 0.1) is 0 Å². The van der Waals surface area contributed by atoms with Crippen molar-refractivity contribution in [3.8, 4) is 5.75 Å². The number of carbonyl (C=O) groups excluding carboxylic acids is 1. The fourth-order valence-corrected chi connectivity index (χ4v) is 2.28. The van der Waals surface area contributed by atoms with Gasteiger partial charge in [0.1, 0.15) is 18.0 Å². The number of rotatable bonds is 12. The third kappa shape index (κ3) is 10.1. The number of alkyl carbamates (subject to hydrolysis) is 1. The van der Waals surface area contributed by atoms with Crippen LogP contribution in [0.3, 0.4) is 0 Å². The van der Waals surface area contributed by atoms with E-state index in [2.05, 4.69) is 5.32 Å². The van der Waals surface area contributed by atoms with Crippen LogP contribution >= 0.6 is 0 Å². The van der Waals surface area contributed by atoms with Gasteiger partial charge in [-0.2, -0.15) is 0 Å². The summed E-state index contributed by atoms with van der Waals surface area (Å²) in [5.41, 5.74) is -0.308. The Labute approximate surface area is 165 Å². The van der Waals surface area contributed by atoms with Gasteiger partial charge < -0.3 is 29.7 Å². The molecule has 0 saturated carbocycles. The zero-order valence-electron chi connectivity index (χ0n) is 16.8. The zero-order chi connectivity index (χ0) is 21.0. The second kappa shape index (κ2) is 12.2. The van der Waals surface area contributed by atoms with Gasteiger partial charge in [-0.05, 0) is 57.7 Å². The maximum atomic E-state index is 11.9. The summed E-state index contributed by atoms with van der Waals surface area (Å²) in [5, 5.41) is 20.4. The number of ether oxygens (including phenoxy) is 3. The van der Waals surface area contributed by atoms with Gasteiger partial charge in [-0.25, -0.2) is 9.59 Å². The Bertz CT molecular complexity index is 596. The van der Waals surface area contributed by atoms with Crippen molar-refractivity contribution in [3.05, 3.63) is 29.8 Å². The molecule has 0 aromatic heterocycles. The molecular weight excluding hydrogens is 366 g/mol. The molecule has 0 radical (unpaired) electrons. The summed E-state index contributed by atoms with van der Waals surface area (Å²) < 4.78 is 16.1. The second-order valence-electron chi connectivity index (χ2n) is 7.23. The monoisotopic (exact) mass is 397 g/mol. The van der Waals surface area contributed by atoms with Gasteiger partial charge in [0.25, 0.3) is 0 Å². The number of hydrogen-bond acceptors (Lipinski definition) is 6. The van der Waals surface area contributed by atoms with Gasteiger partial charge >= 0.3 is 12.1 Å². The third-order valence-corrected chi connectivity index (χ3v) is 3.56. The first kappa shape index (κ1) is 23.7. The second-order valence-corrected chi connectivity index (χ2v) is 7.23. The fourth-order valence-electron chi connectivity index (χ4n) is 2.28. The number of nitrogens with one attached hydrogen (secondary N) is 1. The van der Waals surface area contributed by atoms with Crippen LogP contribution in [0.1, 0.15) is 51.6 Å². The molecule has 1 atom stereocenters. The van der Waals surface area contributed by atoms with Gasteiger partial charge in [-0.1, -0.05) is 12.1 Å². The van der Waals surface area contributed by atoms with E-state index in [0.717, 1.165) is 19.3 Å². The molecule has 0 spiro atoms. The van der Waals surface area contributed by atoms with Gasteiger partial charge in [-0.3, -0.25) is 0 Å². The van der Waals surface area contributed by atoms with E-state index in [0.29, 0.717) is 31.1 Å². The van der Waals surface area contributed by atoms with Gasteiger partial charge in [0.05, 0.1) is 6.61 Å². The predicted molar refractivity (Wildman–Crippen MR) is 103 cm³/mol. The summed E-state index contributed by atoms with van der Waals surface area (Å²) in [6, 6.07) is 5.24. The lowest BCUT2D eigenvalue weighted by Gasteiger charge is -2.22. The molecule has 3 N–H and O–H groups in total. The number of unbranched alkanes of at least 4 members (excludes halogenated alkanes) is 2. The SMILES string of the molecule is CC(C)(C)OC(=O)N[C@H](C(=O)O)c1ccc(OCCOCCCCCO)cc1. The molecule has 0 aliphatic rings. The minimum Gasteiger partial charge on any atom is -0.491 e. The zero-order valence-corrected chi connectivity index (χ0v) is 16.8. The number of carbonyl (C=O) groups is 2. The summed E-state index contributed by atoms with van der Waals surface area (Å²) in [6.45, 7) is 6.75. The molecule has 0 bridgehead atoms. The smallest absolute Gasteiger partial charge is 0.408 e. The largest absolute Gasteiger partial charge is 0.491 e. The van der Waals surface area contributed by atoms with E-state index in [-0.39, 0.29) is 6.61 Å². The van der Waals surface area contributed by atoms with Gasteiger partial charge in [-0.15, -0.1) is 0 Å². The Morgan fingerprint density at radius 2 is 1.71 bits per heavy atom. The fraction of sp³-hybridized carbons (Fsp3) is 0.600. The Morgan fingerprint density at radius 3 is 2.29 bits per heavy atom. The molecule has 1 amide bonds. The molecule has 8 heteroatoms. The van der Waals surface area contributed by atoms with Crippen LogP contribution < -0.4 is 10.1 Å². The van der Waals surface area contributed by atoms with Crippen molar-refractivity contribution < 1.29 is 34.0 Å². The molecule has 1 aromatic carbocycles. The Hall–Kier alpha value is -2.32. The van der Waals surface area contributed by atoms with Crippen molar-refractivity contribution in [2.45, 2.75) is 51.7 Å². The minimum absolute atomic E-state index is 0.204. The van der Waals surface area contributed by atoms with E-state index >= 15 is 0 Å². The first-order valence-corrected chi connectivity index (χ1v) is 9.36. The van der Waals surface area contributed by atoms with Crippen LogP contribution in [0.4, 0.5) is 4.79 Å². The average molecular weight is 397 g/mol. The van der Waals surface area contributed by atoms with Gasteiger partial charge in [0.2, 0.25) is 0 Å². The third-order valence-electron chi connectivity index (χ3n) is 3.56. The number of aliphatic hydroxyl groups excluding tert-OH is 1. The number of carboxylic acid groups (broad SMARTS) is 1. The lowest BCUT2D eigenvalue weighted by atomic mass is 10.1. The Kier molecular flexibility index (Phi) is 10.3. The Balaban J connectivity index is 2.45. The summed E-state index contributed by atoms with van der Waals surface area (Å²) in [6.07, 6.45) is 1.82. The standard InChI is InChI=1S/C20H31NO7/c1-20(2,3)28-19(25)21-17(18(23)24)15-7-9-16(10-8-15)27-14-13-26-12-6-4-5-11-22/h7-10,17,22H,4-6,11-14H2,1-3H3,(H,21,25)(H,23,24)/t17-/m0/s1. The van der Waals surface area contributed by atoms with Crippen molar-refractivity contribution in [2.24, 2.45) is 0 Å². The highest BCUT2D eigenvalue weighted by molar-refractivity contribution is 5.81. The lowest BCUT2D eigenvalue weighted by Crippen LogP contribution is -2.38. The van der Waals surface area contributed by atoms with E-state index in [1.807, 2.05) is 0 Å². The van der Waals surface area contributed by atoms with E-state index in [1.165, 1.54) is 0 Å². The molecule has 0 saturated heterocycles. The molecule has 0 heterocycles. The summed E-state index contributed by atoms with van der Waals surface area (Å²) in [4.78, 5) is 23.3. The van der Waals surface area contributed by atoms with Gasteiger partial charge in [0, 0.05) is 13.2 Å². The topological polar surface area (TPSA) is 114 Å². The molecule has 0 unspecified atom stereocenters. The van der Waals surface area contributed by atoms with Crippen LogP contribution in [0.25, 0.3) is 0 Å². The molecule has 1 rings (SSSR count). The van der Waals surface area contributed by atoms with Crippen LogP contribution in [0.2, 0.25) is 0 Å². The van der Waals surface area contributed by atoms with E-state index < -0.39 is 23.7 Å². The molecule has 0 aliphatic carbocycles. The van der Waals surface area contributed by atoms with Crippen molar-refractivity contribution in [2.75, 3.05) is 26.4 Å². The summed E-state index contributed by atoms with van der Waals surface area (Å²) >= 11 is 0. The average Bonchev–Trinajstić information content (AvgIpc) is 2.61. The van der Waals surface area contributed by atoms with Crippen LogP contribution in [-0.4, -0.2) is 54.3 Å². The molecular formula is C20H31NO7. The first-order valence-electron chi connectivity index (χ1n) is 9.36. The van der Waals surface area contributed by atoms with Crippen molar-refractivity contribution in [3.63, 3.8) is 0 Å². The number of benzene rings is 1. The van der Waals surface area contributed by atoms with E-state index in [4.69, 9.17) is 19.3 Å². The maximum absolute atomic E-state index is 11.9. The van der Waals surface area contributed by atoms with Crippen LogP contribution in [0.15, 0.2) is 24.3 Å². The number of hydrogen-bond donors (Lipinski definition) is 3. The highest BCUT2D eigenvalue weighted by Gasteiger charge is 2.25. The lowest BCUT2D eigenvalue weighted by molar-refractivity contribution is -0.139. The van der Waals surface area contributed by atoms with E-state index in [1.54, 1.807) is 45.0 Å². The van der Waals surface area contributed by atoms with Gasteiger partial charge in [0.15, 0.2) is 6.04 Å². The highest BCUT2D eigenvalue weighted by Crippen LogP contribution is 2.19.